The smallest absolute Gasteiger partial charge is 0.130 e. The van der Waals surface area contributed by atoms with Gasteiger partial charge in [-0.15, -0.1) is 0 Å². The predicted octanol–water partition coefficient (Wildman–Crippen LogP) is 3.45. The summed E-state index contributed by atoms with van der Waals surface area (Å²) < 4.78 is 5.81. The molecule has 1 saturated carbocycles. The second-order valence-electron chi connectivity index (χ2n) is 6.65. The van der Waals surface area contributed by atoms with E-state index in [1.807, 2.05) is 36.4 Å². The van der Waals surface area contributed by atoms with Gasteiger partial charge in [-0.1, -0.05) is 37.5 Å². The van der Waals surface area contributed by atoms with Crippen LogP contribution in [-0.4, -0.2) is 22.2 Å². The number of hydrogen-bond acceptors (Lipinski definition) is 4. The first-order chi connectivity index (χ1) is 11.7. The number of hydrogen-bond donors (Lipinski definition) is 2. The predicted molar refractivity (Wildman–Crippen MR) is 94.8 cm³/mol. The van der Waals surface area contributed by atoms with E-state index in [0.717, 1.165) is 49.2 Å². The Morgan fingerprint density at radius 1 is 1.08 bits per heavy atom. The molecule has 0 aliphatic heterocycles. The lowest BCUT2D eigenvalue weighted by molar-refractivity contribution is 0.00467. The maximum Gasteiger partial charge on any atom is 0.130 e. The highest BCUT2D eigenvalue weighted by molar-refractivity contribution is 5.28. The molecule has 128 valence electrons. The molecule has 0 amide bonds. The lowest BCUT2D eigenvalue weighted by Gasteiger charge is -2.32. The molecule has 1 fully saturated rings. The number of ether oxygens (including phenoxy) is 1. The summed E-state index contributed by atoms with van der Waals surface area (Å²) in [5.41, 5.74) is 1.55. The number of pyridine rings is 1. The molecular formula is C20H26N2O2. The van der Waals surface area contributed by atoms with E-state index in [2.05, 4.69) is 16.4 Å². The van der Waals surface area contributed by atoms with Crippen LogP contribution in [0, 0.1) is 0 Å². The fraction of sp³-hybridized carbons (Fsp3) is 0.450. The highest BCUT2D eigenvalue weighted by Crippen LogP contribution is 2.27. The van der Waals surface area contributed by atoms with Crippen LogP contribution in [0.5, 0.6) is 5.75 Å². The molecule has 1 aliphatic rings. The van der Waals surface area contributed by atoms with E-state index < -0.39 is 5.60 Å². The van der Waals surface area contributed by atoms with Gasteiger partial charge in [0.15, 0.2) is 0 Å². The first-order valence-electron chi connectivity index (χ1n) is 8.78. The Hall–Kier alpha value is -1.91. The largest absolute Gasteiger partial charge is 0.487 e. The minimum absolute atomic E-state index is 0.470. The Bertz CT molecular complexity index is 625. The molecule has 4 nitrogen and oxygen atoms in total. The third kappa shape index (κ3) is 5.05. The van der Waals surface area contributed by atoms with Crippen LogP contribution in [-0.2, 0) is 13.2 Å². The Balaban J connectivity index is 1.48. The molecule has 0 bridgehead atoms. The van der Waals surface area contributed by atoms with E-state index in [0.29, 0.717) is 13.2 Å². The van der Waals surface area contributed by atoms with Crippen LogP contribution in [0.25, 0.3) is 0 Å². The maximum atomic E-state index is 10.5. The van der Waals surface area contributed by atoms with E-state index in [1.54, 1.807) is 6.20 Å². The van der Waals surface area contributed by atoms with Crippen molar-refractivity contribution in [3.63, 3.8) is 0 Å². The van der Waals surface area contributed by atoms with Gasteiger partial charge in [-0.2, -0.15) is 0 Å². The van der Waals surface area contributed by atoms with Crippen molar-refractivity contribution in [2.75, 3.05) is 6.54 Å². The number of nitrogens with one attached hydrogen (secondary N) is 1. The van der Waals surface area contributed by atoms with Crippen molar-refractivity contribution in [2.45, 2.75) is 50.9 Å². The van der Waals surface area contributed by atoms with Crippen LogP contribution in [0.2, 0.25) is 0 Å². The van der Waals surface area contributed by atoms with Crippen LogP contribution in [0.4, 0.5) is 0 Å². The van der Waals surface area contributed by atoms with E-state index in [9.17, 15) is 5.11 Å². The number of rotatable bonds is 7. The number of nitrogens with zero attached hydrogens (tertiary/aromatic N) is 1. The van der Waals surface area contributed by atoms with Crippen LogP contribution in [0.15, 0.2) is 48.7 Å². The Labute approximate surface area is 143 Å². The third-order valence-corrected chi connectivity index (χ3v) is 4.58. The van der Waals surface area contributed by atoms with E-state index in [1.165, 1.54) is 6.42 Å². The summed E-state index contributed by atoms with van der Waals surface area (Å²) in [6, 6.07) is 13.9. The van der Waals surface area contributed by atoms with E-state index in [-0.39, 0.29) is 0 Å². The highest BCUT2D eigenvalue weighted by Gasteiger charge is 2.28. The number of benzene rings is 1. The normalized spacial score (nSPS) is 16.7. The Kier molecular flexibility index (Phi) is 5.83. The van der Waals surface area contributed by atoms with Gasteiger partial charge in [0, 0.05) is 19.3 Å². The van der Waals surface area contributed by atoms with Crippen LogP contribution in [0.1, 0.15) is 43.4 Å². The molecule has 0 unspecified atom stereocenters. The second-order valence-corrected chi connectivity index (χ2v) is 6.65. The van der Waals surface area contributed by atoms with Crippen LogP contribution >= 0.6 is 0 Å². The van der Waals surface area contributed by atoms with Gasteiger partial charge >= 0.3 is 0 Å². The molecule has 0 atom stereocenters. The van der Waals surface area contributed by atoms with Gasteiger partial charge in [-0.3, -0.25) is 4.98 Å². The lowest BCUT2D eigenvalue weighted by Crippen LogP contribution is -2.41. The van der Waals surface area contributed by atoms with Crippen molar-refractivity contribution in [3.8, 4) is 5.75 Å². The lowest BCUT2D eigenvalue weighted by atomic mass is 9.85. The first-order valence-corrected chi connectivity index (χ1v) is 8.78. The molecule has 1 aliphatic carbocycles. The van der Waals surface area contributed by atoms with Crippen molar-refractivity contribution in [2.24, 2.45) is 0 Å². The van der Waals surface area contributed by atoms with Gasteiger partial charge < -0.3 is 15.2 Å². The summed E-state index contributed by atoms with van der Waals surface area (Å²) in [4.78, 5) is 4.26. The zero-order chi connectivity index (χ0) is 16.7. The fourth-order valence-corrected chi connectivity index (χ4v) is 3.21. The van der Waals surface area contributed by atoms with Gasteiger partial charge in [0.25, 0.3) is 0 Å². The molecule has 24 heavy (non-hydrogen) atoms. The van der Waals surface area contributed by atoms with Crippen molar-refractivity contribution in [1.82, 2.24) is 10.3 Å². The molecule has 2 N–H and O–H groups in total. The average molecular weight is 326 g/mol. The van der Waals surface area contributed by atoms with Crippen LogP contribution < -0.4 is 10.1 Å². The number of aliphatic hydroxyl groups is 1. The number of aromatic nitrogens is 1. The summed E-state index contributed by atoms with van der Waals surface area (Å²) in [7, 11) is 0. The summed E-state index contributed by atoms with van der Waals surface area (Å²) in [6.07, 6.45) is 7.11. The molecule has 4 heteroatoms. The van der Waals surface area contributed by atoms with Crippen molar-refractivity contribution >= 4 is 0 Å². The highest BCUT2D eigenvalue weighted by atomic mass is 16.5. The monoisotopic (exact) mass is 326 g/mol. The van der Waals surface area contributed by atoms with Gasteiger partial charge in [0.1, 0.15) is 12.4 Å². The van der Waals surface area contributed by atoms with E-state index >= 15 is 0 Å². The second kappa shape index (κ2) is 8.27. The summed E-state index contributed by atoms with van der Waals surface area (Å²) in [5.74, 6) is 0.844. The molecular weight excluding hydrogens is 300 g/mol. The van der Waals surface area contributed by atoms with Crippen molar-refractivity contribution < 1.29 is 9.84 Å². The molecule has 1 heterocycles. The zero-order valence-electron chi connectivity index (χ0n) is 14.1. The molecule has 0 radical (unpaired) electrons. The molecule has 0 spiro atoms. The van der Waals surface area contributed by atoms with Crippen molar-refractivity contribution in [1.29, 1.82) is 0 Å². The summed E-state index contributed by atoms with van der Waals surface area (Å²) in [5, 5.41) is 13.9. The molecule has 2 aromatic rings. The van der Waals surface area contributed by atoms with Gasteiger partial charge in [0.2, 0.25) is 0 Å². The van der Waals surface area contributed by atoms with E-state index in [4.69, 9.17) is 4.74 Å². The Morgan fingerprint density at radius 3 is 2.75 bits per heavy atom. The minimum Gasteiger partial charge on any atom is -0.487 e. The topological polar surface area (TPSA) is 54.4 Å². The summed E-state index contributed by atoms with van der Waals surface area (Å²) >= 11 is 0. The standard InChI is InChI=1S/C20H26N2O2/c23-20(10-3-1-4-11-20)16-21-14-17-7-6-9-19(13-17)24-15-18-8-2-5-12-22-18/h2,5-9,12-13,21,23H,1,3-4,10-11,14-16H2. The molecule has 0 saturated heterocycles. The quantitative estimate of drug-likeness (QED) is 0.818. The van der Waals surface area contributed by atoms with Gasteiger partial charge in [-0.25, -0.2) is 0 Å². The third-order valence-electron chi connectivity index (χ3n) is 4.58. The van der Waals surface area contributed by atoms with Crippen molar-refractivity contribution in [3.05, 3.63) is 59.9 Å². The average Bonchev–Trinajstić information content (AvgIpc) is 2.62. The van der Waals surface area contributed by atoms with Gasteiger partial charge in [0.05, 0.1) is 11.3 Å². The summed E-state index contributed by atoms with van der Waals surface area (Å²) in [6.45, 7) is 1.87. The molecule has 1 aromatic carbocycles. The zero-order valence-corrected chi connectivity index (χ0v) is 14.1. The first kappa shape index (κ1) is 16.9. The maximum absolute atomic E-state index is 10.5. The fourth-order valence-electron chi connectivity index (χ4n) is 3.21. The molecule has 1 aromatic heterocycles. The SMILES string of the molecule is OC1(CNCc2cccc(OCc3ccccn3)c2)CCCCC1. The Morgan fingerprint density at radius 2 is 1.96 bits per heavy atom. The van der Waals surface area contributed by atoms with Crippen LogP contribution in [0.3, 0.4) is 0 Å². The minimum atomic E-state index is -0.522. The molecule has 3 rings (SSSR count). The van der Waals surface area contributed by atoms with Gasteiger partial charge in [-0.05, 0) is 42.7 Å².